The van der Waals surface area contributed by atoms with Gasteiger partial charge in [-0.2, -0.15) is 0 Å². The Morgan fingerprint density at radius 3 is 2.47 bits per heavy atom. The number of hydrogen-bond donors (Lipinski definition) is 1. The average Bonchev–Trinajstić information content (AvgIpc) is 2.18. The summed E-state index contributed by atoms with van der Waals surface area (Å²) in [5.41, 5.74) is 0. The summed E-state index contributed by atoms with van der Waals surface area (Å²) in [6.45, 7) is 0.290. The molecule has 6 heteroatoms. The molecule has 0 amide bonds. The number of hydrogen-bond acceptors (Lipinski definition) is 4. The molecule has 0 aromatic heterocycles. The Kier molecular flexibility index (Phi) is 5.42. The molecule has 0 heterocycles. The highest BCUT2D eigenvalue weighted by Crippen LogP contribution is 2.16. The maximum Gasteiger partial charge on any atom is 0.149 e. The van der Waals surface area contributed by atoms with Crippen LogP contribution in [0.1, 0.15) is 6.42 Å². The van der Waals surface area contributed by atoms with Crippen molar-refractivity contribution in [2.75, 3.05) is 18.6 Å². The van der Waals surface area contributed by atoms with Crippen molar-refractivity contribution in [3.8, 4) is 5.75 Å². The molecule has 1 aromatic carbocycles. The van der Waals surface area contributed by atoms with Crippen molar-refractivity contribution < 1.29 is 18.3 Å². The van der Waals surface area contributed by atoms with E-state index in [2.05, 4.69) is 15.9 Å². The van der Waals surface area contributed by atoms with Gasteiger partial charge < -0.3 is 9.84 Å². The normalized spacial score (nSPS) is 13.4. The number of ether oxygens (including phenoxy) is 1. The van der Waals surface area contributed by atoms with Gasteiger partial charge in [-0.3, -0.25) is 0 Å². The number of aliphatic hydroxyl groups excluding tert-OH is 1. The summed E-state index contributed by atoms with van der Waals surface area (Å²) in [6.07, 6.45) is 0.523. The van der Waals surface area contributed by atoms with Gasteiger partial charge in [0.15, 0.2) is 0 Å². The van der Waals surface area contributed by atoms with Crippen molar-refractivity contribution in [3.63, 3.8) is 0 Å². The molecule has 17 heavy (non-hydrogen) atoms. The van der Waals surface area contributed by atoms with Crippen molar-refractivity contribution in [2.45, 2.75) is 12.5 Å². The van der Waals surface area contributed by atoms with Crippen LogP contribution in [0.2, 0.25) is 0 Å². The quantitative estimate of drug-likeness (QED) is 0.864. The molecule has 0 aliphatic heterocycles. The lowest BCUT2D eigenvalue weighted by Gasteiger charge is -2.10. The van der Waals surface area contributed by atoms with Crippen LogP contribution in [0.15, 0.2) is 28.7 Å². The molecule has 1 aromatic rings. The summed E-state index contributed by atoms with van der Waals surface area (Å²) in [6, 6.07) is 7.30. The van der Waals surface area contributed by atoms with Gasteiger partial charge in [-0.15, -0.1) is 0 Å². The van der Waals surface area contributed by atoms with Gasteiger partial charge in [-0.05, 0) is 24.3 Å². The fraction of sp³-hybridized carbons (Fsp3) is 0.455. The van der Waals surface area contributed by atoms with Gasteiger partial charge in [0.05, 0.1) is 18.5 Å². The Morgan fingerprint density at radius 2 is 1.94 bits per heavy atom. The molecule has 0 fully saturated rings. The predicted octanol–water partition coefficient (Wildman–Crippen LogP) is 1.62. The maximum atomic E-state index is 10.9. The van der Waals surface area contributed by atoms with Crippen molar-refractivity contribution in [1.29, 1.82) is 0 Å². The number of benzene rings is 1. The fourth-order valence-corrected chi connectivity index (χ4v) is 2.41. The van der Waals surface area contributed by atoms with E-state index in [9.17, 15) is 13.5 Å². The van der Waals surface area contributed by atoms with Crippen LogP contribution in [0.4, 0.5) is 0 Å². The summed E-state index contributed by atoms with van der Waals surface area (Å²) in [7, 11) is -3.14. The van der Waals surface area contributed by atoms with Crippen LogP contribution in [0, 0.1) is 0 Å². The van der Waals surface area contributed by atoms with Crippen LogP contribution >= 0.6 is 15.9 Å². The van der Waals surface area contributed by atoms with Gasteiger partial charge in [0.2, 0.25) is 0 Å². The Morgan fingerprint density at radius 1 is 1.35 bits per heavy atom. The predicted molar refractivity (Wildman–Crippen MR) is 70.0 cm³/mol. The minimum atomic E-state index is -3.14. The molecule has 0 spiro atoms. The van der Waals surface area contributed by atoms with E-state index in [0.29, 0.717) is 12.2 Å². The smallest absolute Gasteiger partial charge is 0.149 e. The Balaban J connectivity index is 2.30. The van der Waals surface area contributed by atoms with Crippen LogP contribution in [-0.4, -0.2) is 38.2 Å². The Bertz CT molecular complexity index is 441. The number of aliphatic hydroxyl groups is 1. The highest BCUT2D eigenvalue weighted by molar-refractivity contribution is 9.10. The van der Waals surface area contributed by atoms with Crippen LogP contribution in [0.25, 0.3) is 0 Å². The van der Waals surface area contributed by atoms with Gasteiger partial charge in [0.1, 0.15) is 15.6 Å². The van der Waals surface area contributed by atoms with Gasteiger partial charge in [0, 0.05) is 17.1 Å². The number of halogens is 1. The molecule has 0 aliphatic carbocycles. The van der Waals surface area contributed by atoms with Gasteiger partial charge in [-0.1, -0.05) is 15.9 Å². The number of rotatable bonds is 6. The van der Waals surface area contributed by atoms with E-state index in [-0.39, 0.29) is 12.4 Å². The molecule has 1 rings (SSSR count). The van der Waals surface area contributed by atoms with Gasteiger partial charge >= 0.3 is 0 Å². The van der Waals surface area contributed by atoms with Crippen LogP contribution in [-0.2, 0) is 9.84 Å². The summed E-state index contributed by atoms with van der Waals surface area (Å²) in [4.78, 5) is 0. The zero-order chi connectivity index (χ0) is 12.9. The van der Waals surface area contributed by atoms with E-state index in [4.69, 9.17) is 4.74 Å². The molecule has 96 valence electrons. The lowest BCUT2D eigenvalue weighted by molar-refractivity contribution is 0.158. The Labute approximate surface area is 110 Å². The lowest BCUT2D eigenvalue weighted by Crippen LogP contribution is -2.22. The molecule has 0 saturated heterocycles. The molecule has 0 saturated carbocycles. The SMILES string of the molecule is CS(=O)(=O)CC(O)CCOc1ccc(Br)cc1. The second-order valence-electron chi connectivity index (χ2n) is 3.84. The average molecular weight is 323 g/mol. The molecule has 0 aliphatic rings. The first-order valence-corrected chi connectivity index (χ1v) is 7.96. The molecule has 1 unspecified atom stereocenters. The third-order valence-electron chi connectivity index (χ3n) is 2.03. The zero-order valence-corrected chi connectivity index (χ0v) is 11.9. The van der Waals surface area contributed by atoms with Crippen molar-refractivity contribution in [3.05, 3.63) is 28.7 Å². The highest BCUT2D eigenvalue weighted by atomic mass is 79.9. The third-order valence-corrected chi connectivity index (χ3v) is 3.55. The summed E-state index contributed by atoms with van der Waals surface area (Å²) in [5, 5.41) is 9.44. The molecular weight excluding hydrogens is 308 g/mol. The van der Waals surface area contributed by atoms with Gasteiger partial charge in [-0.25, -0.2) is 8.42 Å². The standard InChI is InChI=1S/C11H15BrO4S/c1-17(14,15)8-10(13)6-7-16-11-4-2-9(12)3-5-11/h2-5,10,13H,6-8H2,1H3. The lowest BCUT2D eigenvalue weighted by atomic mass is 10.3. The fourth-order valence-electron chi connectivity index (χ4n) is 1.28. The Hall–Kier alpha value is -0.590. The van der Waals surface area contributed by atoms with Crippen molar-refractivity contribution in [2.24, 2.45) is 0 Å². The first kappa shape index (κ1) is 14.5. The second kappa shape index (κ2) is 6.37. The van der Waals surface area contributed by atoms with E-state index < -0.39 is 15.9 Å². The van der Waals surface area contributed by atoms with Crippen molar-refractivity contribution in [1.82, 2.24) is 0 Å². The zero-order valence-electron chi connectivity index (χ0n) is 9.47. The molecule has 4 nitrogen and oxygen atoms in total. The van der Waals surface area contributed by atoms with E-state index in [1.807, 2.05) is 12.1 Å². The van der Waals surface area contributed by atoms with E-state index in [1.54, 1.807) is 12.1 Å². The summed E-state index contributed by atoms with van der Waals surface area (Å²) < 4.78 is 28.1. The van der Waals surface area contributed by atoms with E-state index >= 15 is 0 Å². The monoisotopic (exact) mass is 322 g/mol. The van der Waals surface area contributed by atoms with Crippen LogP contribution in [0.3, 0.4) is 0 Å². The first-order valence-electron chi connectivity index (χ1n) is 5.11. The topological polar surface area (TPSA) is 63.6 Å². The first-order chi connectivity index (χ1) is 7.87. The van der Waals surface area contributed by atoms with E-state index in [0.717, 1.165) is 10.7 Å². The van der Waals surface area contributed by atoms with Crippen LogP contribution in [0.5, 0.6) is 5.75 Å². The molecule has 0 bridgehead atoms. The second-order valence-corrected chi connectivity index (χ2v) is 6.94. The van der Waals surface area contributed by atoms with E-state index in [1.165, 1.54) is 0 Å². The molecule has 1 N–H and O–H groups in total. The number of sulfone groups is 1. The summed E-state index contributed by atoms with van der Waals surface area (Å²) in [5.74, 6) is 0.469. The summed E-state index contributed by atoms with van der Waals surface area (Å²) >= 11 is 3.31. The third kappa shape index (κ3) is 6.65. The van der Waals surface area contributed by atoms with Crippen LogP contribution < -0.4 is 4.74 Å². The molecular formula is C11H15BrO4S. The maximum absolute atomic E-state index is 10.9. The molecule has 0 radical (unpaired) electrons. The molecule has 1 atom stereocenters. The highest BCUT2D eigenvalue weighted by Gasteiger charge is 2.12. The largest absolute Gasteiger partial charge is 0.493 e. The van der Waals surface area contributed by atoms with Crippen molar-refractivity contribution >= 4 is 25.8 Å². The minimum Gasteiger partial charge on any atom is -0.493 e. The van der Waals surface area contributed by atoms with Gasteiger partial charge in [0.25, 0.3) is 0 Å². The minimum absolute atomic E-state index is 0.225.